The van der Waals surface area contributed by atoms with E-state index in [4.69, 9.17) is 4.74 Å². The number of nitrogens with zero attached hydrogens (tertiary/aromatic N) is 1. The summed E-state index contributed by atoms with van der Waals surface area (Å²) in [5.74, 6) is 0.00192. The number of carbonyl (C=O) groups is 1. The van der Waals surface area contributed by atoms with E-state index in [0.29, 0.717) is 13.2 Å². The molecule has 258 valence electrons. The number of unbranched alkanes of at least 4 members (excludes halogenated alkanes) is 29. The molecule has 3 nitrogen and oxygen atoms in total. The first-order valence-corrected chi connectivity index (χ1v) is 20.1. The van der Waals surface area contributed by atoms with Crippen molar-refractivity contribution in [3.05, 3.63) is 0 Å². The second kappa shape index (κ2) is 37.6. The van der Waals surface area contributed by atoms with Crippen LogP contribution in [0.2, 0.25) is 0 Å². The van der Waals surface area contributed by atoms with Gasteiger partial charge in [-0.2, -0.15) is 0 Å². The lowest BCUT2D eigenvalue weighted by atomic mass is 10.1. The van der Waals surface area contributed by atoms with E-state index in [1.807, 2.05) is 0 Å². The Morgan fingerprint density at radius 1 is 0.372 bits per heavy atom. The third-order valence-electron chi connectivity index (χ3n) is 9.27. The number of carbonyl (C=O) groups excluding carboxylic acids is 1. The summed E-state index contributed by atoms with van der Waals surface area (Å²) in [5.41, 5.74) is 0. The van der Waals surface area contributed by atoms with Crippen molar-refractivity contribution in [1.29, 1.82) is 0 Å². The Kier molecular flexibility index (Phi) is 37.1. The van der Waals surface area contributed by atoms with Gasteiger partial charge < -0.3 is 4.74 Å². The Labute approximate surface area is 272 Å². The van der Waals surface area contributed by atoms with E-state index >= 15 is 0 Å². The van der Waals surface area contributed by atoms with Gasteiger partial charge in [-0.1, -0.05) is 207 Å². The summed E-state index contributed by atoms with van der Waals surface area (Å²) in [6, 6.07) is 0. The summed E-state index contributed by atoms with van der Waals surface area (Å²) < 4.78 is 5.68. The Morgan fingerprint density at radius 3 is 0.930 bits per heavy atom. The van der Waals surface area contributed by atoms with Crippen LogP contribution in [-0.2, 0) is 9.53 Å². The SMILES string of the molecule is CCCCCCCCCCCCCN(CCCCCCCCCCCCC)CC(=O)OCCCCCCCCCCCC. The van der Waals surface area contributed by atoms with Gasteiger partial charge in [0, 0.05) is 0 Å². The Morgan fingerprint density at radius 2 is 0.628 bits per heavy atom. The van der Waals surface area contributed by atoms with Gasteiger partial charge in [0.15, 0.2) is 0 Å². The van der Waals surface area contributed by atoms with E-state index in [2.05, 4.69) is 25.7 Å². The summed E-state index contributed by atoms with van der Waals surface area (Å²) in [7, 11) is 0. The third kappa shape index (κ3) is 35.8. The van der Waals surface area contributed by atoms with Gasteiger partial charge in [0.05, 0.1) is 13.2 Å². The maximum atomic E-state index is 12.7. The molecular formula is C40H81NO2. The molecule has 43 heavy (non-hydrogen) atoms. The molecule has 3 heteroatoms. The van der Waals surface area contributed by atoms with Crippen LogP contribution in [0.3, 0.4) is 0 Å². The molecule has 0 saturated heterocycles. The minimum atomic E-state index is 0.00192. The number of ether oxygens (including phenoxy) is 1. The molecule has 0 atom stereocenters. The largest absolute Gasteiger partial charge is 0.465 e. The number of rotatable bonds is 37. The molecule has 0 bridgehead atoms. The summed E-state index contributed by atoms with van der Waals surface area (Å²) in [6.07, 6.45) is 43.3. The lowest BCUT2D eigenvalue weighted by Crippen LogP contribution is -2.33. The van der Waals surface area contributed by atoms with Gasteiger partial charge in [0.25, 0.3) is 0 Å². The van der Waals surface area contributed by atoms with E-state index in [1.165, 1.54) is 199 Å². The molecule has 0 aromatic heterocycles. The van der Waals surface area contributed by atoms with Crippen molar-refractivity contribution in [2.45, 2.75) is 226 Å². The number of hydrogen-bond acceptors (Lipinski definition) is 3. The van der Waals surface area contributed by atoms with Crippen LogP contribution in [0.5, 0.6) is 0 Å². The highest BCUT2D eigenvalue weighted by atomic mass is 16.5. The Balaban J connectivity index is 4.05. The van der Waals surface area contributed by atoms with Crippen LogP contribution in [-0.4, -0.2) is 37.1 Å². The van der Waals surface area contributed by atoms with Gasteiger partial charge >= 0.3 is 5.97 Å². The van der Waals surface area contributed by atoms with Crippen molar-refractivity contribution in [3.63, 3.8) is 0 Å². The first-order valence-electron chi connectivity index (χ1n) is 20.1. The molecule has 0 rings (SSSR count). The minimum absolute atomic E-state index is 0.00192. The van der Waals surface area contributed by atoms with Crippen molar-refractivity contribution in [2.24, 2.45) is 0 Å². The normalized spacial score (nSPS) is 11.5. The Hall–Kier alpha value is -0.570. The number of esters is 1. The van der Waals surface area contributed by atoms with Gasteiger partial charge in [0.1, 0.15) is 0 Å². The molecule has 0 fully saturated rings. The van der Waals surface area contributed by atoms with Gasteiger partial charge in [-0.3, -0.25) is 9.69 Å². The van der Waals surface area contributed by atoms with Crippen LogP contribution in [0.1, 0.15) is 226 Å². The standard InChI is InChI=1S/C40H81NO2/c1-4-7-10-13-16-19-22-24-27-30-33-36-41(37-34-31-28-25-23-20-17-14-11-8-5-2)39-40(42)43-38-35-32-29-26-21-18-15-12-9-6-3/h4-39H2,1-3H3. The second-order valence-corrected chi connectivity index (χ2v) is 13.7. The van der Waals surface area contributed by atoms with Crippen molar-refractivity contribution in [2.75, 3.05) is 26.2 Å². The first kappa shape index (κ1) is 42.4. The molecular weight excluding hydrogens is 526 g/mol. The second-order valence-electron chi connectivity index (χ2n) is 13.7. The zero-order valence-corrected chi connectivity index (χ0v) is 30.2. The highest BCUT2D eigenvalue weighted by molar-refractivity contribution is 5.71. The highest BCUT2D eigenvalue weighted by Gasteiger charge is 2.12. The maximum absolute atomic E-state index is 12.7. The third-order valence-corrected chi connectivity index (χ3v) is 9.27. The molecule has 0 heterocycles. The molecule has 0 N–H and O–H groups in total. The predicted octanol–water partition coefficient (Wildman–Crippen LogP) is 13.4. The summed E-state index contributed by atoms with van der Waals surface area (Å²) in [5, 5.41) is 0. The fourth-order valence-corrected chi connectivity index (χ4v) is 6.27. The van der Waals surface area contributed by atoms with Crippen LogP contribution in [0.4, 0.5) is 0 Å². The summed E-state index contributed by atoms with van der Waals surface area (Å²) in [4.78, 5) is 15.1. The van der Waals surface area contributed by atoms with Crippen LogP contribution < -0.4 is 0 Å². The molecule has 0 aromatic rings. The molecule has 0 radical (unpaired) electrons. The fourth-order valence-electron chi connectivity index (χ4n) is 6.27. The van der Waals surface area contributed by atoms with E-state index in [9.17, 15) is 4.79 Å². The highest BCUT2D eigenvalue weighted by Crippen LogP contribution is 2.14. The van der Waals surface area contributed by atoms with Crippen molar-refractivity contribution in [1.82, 2.24) is 4.90 Å². The average molecular weight is 608 g/mol. The van der Waals surface area contributed by atoms with Gasteiger partial charge in [0.2, 0.25) is 0 Å². The molecule has 0 saturated carbocycles. The topological polar surface area (TPSA) is 29.5 Å². The first-order chi connectivity index (χ1) is 21.2. The maximum Gasteiger partial charge on any atom is 0.320 e. The van der Waals surface area contributed by atoms with Crippen molar-refractivity contribution in [3.8, 4) is 0 Å². The van der Waals surface area contributed by atoms with Gasteiger partial charge in [-0.25, -0.2) is 0 Å². The summed E-state index contributed by atoms with van der Waals surface area (Å²) >= 11 is 0. The van der Waals surface area contributed by atoms with Crippen molar-refractivity contribution >= 4 is 5.97 Å². The quantitative estimate of drug-likeness (QED) is 0.0519. The number of hydrogen-bond donors (Lipinski definition) is 0. The minimum Gasteiger partial charge on any atom is -0.465 e. The fraction of sp³-hybridized carbons (Fsp3) is 0.975. The molecule has 0 spiro atoms. The molecule has 0 amide bonds. The molecule has 0 aliphatic carbocycles. The van der Waals surface area contributed by atoms with Crippen molar-refractivity contribution < 1.29 is 9.53 Å². The van der Waals surface area contributed by atoms with Crippen LogP contribution in [0.25, 0.3) is 0 Å². The van der Waals surface area contributed by atoms with E-state index < -0.39 is 0 Å². The van der Waals surface area contributed by atoms with E-state index in [-0.39, 0.29) is 5.97 Å². The monoisotopic (exact) mass is 608 g/mol. The molecule has 0 aromatic carbocycles. The van der Waals surface area contributed by atoms with Gasteiger partial charge in [-0.15, -0.1) is 0 Å². The van der Waals surface area contributed by atoms with Crippen LogP contribution >= 0.6 is 0 Å². The summed E-state index contributed by atoms with van der Waals surface area (Å²) in [6.45, 7) is 10.1. The predicted molar refractivity (Wildman–Crippen MR) is 192 cm³/mol. The molecule has 0 aliphatic rings. The zero-order valence-electron chi connectivity index (χ0n) is 30.2. The van der Waals surface area contributed by atoms with Crippen LogP contribution in [0, 0.1) is 0 Å². The average Bonchev–Trinajstić information content (AvgIpc) is 3.01. The lowest BCUT2D eigenvalue weighted by molar-refractivity contribution is -0.145. The smallest absolute Gasteiger partial charge is 0.320 e. The Bertz CT molecular complexity index is 497. The lowest BCUT2D eigenvalue weighted by Gasteiger charge is -2.21. The molecule has 0 aliphatic heterocycles. The van der Waals surface area contributed by atoms with Crippen LogP contribution in [0.15, 0.2) is 0 Å². The van der Waals surface area contributed by atoms with E-state index in [1.54, 1.807) is 0 Å². The zero-order chi connectivity index (χ0) is 31.3. The van der Waals surface area contributed by atoms with Gasteiger partial charge in [-0.05, 0) is 32.4 Å². The molecule has 0 unspecified atom stereocenters. The van der Waals surface area contributed by atoms with E-state index in [0.717, 1.165) is 19.5 Å².